The maximum absolute atomic E-state index is 14.0. The van der Waals surface area contributed by atoms with E-state index in [1.54, 1.807) is 105 Å². The lowest BCUT2D eigenvalue weighted by Gasteiger charge is -2.26. The van der Waals surface area contributed by atoms with Crippen molar-refractivity contribution in [3.8, 4) is 11.5 Å². The fourth-order valence-electron chi connectivity index (χ4n) is 4.10. The van der Waals surface area contributed by atoms with Gasteiger partial charge in [0.25, 0.3) is 15.9 Å². The van der Waals surface area contributed by atoms with Crippen LogP contribution < -0.4 is 19.2 Å². The van der Waals surface area contributed by atoms with Crippen LogP contribution in [-0.2, 0) is 16.6 Å². The number of methoxy groups -OCH3 is 2. The van der Waals surface area contributed by atoms with Gasteiger partial charge >= 0.3 is 0 Å². The highest BCUT2D eigenvalue weighted by molar-refractivity contribution is 7.92. The van der Waals surface area contributed by atoms with Gasteiger partial charge in [0.05, 0.1) is 42.6 Å². The van der Waals surface area contributed by atoms with Gasteiger partial charge in [-0.3, -0.25) is 9.10 Å². The molecule has 0 radical (unpaired) electrons. The molecule has 0 aromatic heterocycles. The minimum Gasteiger partial charge on any atom is -0.493 e. The Kier molecular flexibility index (Phi) is 9.31. The first-order valence-corrected chi connectivity index (χ1v) is 14.5. The zero-order chi connectivity index (χ0) is 29.6. The number of amides is 1. The van der Waals surface area contributed by atoms with E-state index in [1.165, 1.54) is 11.4 Å². The molecule has 8 nitrogen and oxygen atoms in total. The Hall–Kier alpha value is -4.34. The van der Waals surface area contributed by atoms with Crippen molar-refractivity contribution >= 4 is 38.9 Å². The summed E-state index contributed by atoms with van der Waals surface area (Å²) in [6, 6.07) is 25.3. The number of hydrogen-bond acceptors (Lipinski definition) is 6. The van der Waals surface area contributed by atoms with E-state index in [4.69, 9.17) is 21.1 Å². The molecule has 1 N–H and O–H groups in total. The summed E-state index contributed by atoms with van der Waals surface area (Å²) in [6.07, 6.45) is 0. The Morgan fingerprint density at radius 2 is 1.56 bits per heavy atom. The third-order valence-electron chi connectivity index (χ3n) is 6.39. The number of aryl methyl sites for hydroxylation is 1. The van der Waals surface area contributed by atoms with Crippen LogP contribution in [0.25, 0.3) is 0 Å². The average Bonchev–Trinajstić information content (AvgIpc) is 2.99. The molecule has 0 saturated heterocycles. The Morgan fingerprint density at radius 3 is 2.22 bits per heavy atom. The Bertz CT molecular complexity index is 1670. The van der Waals surface area contributed by atoms with Crippen molar-refractivity contribution in [2.24, 2.45) is 5.10 Å². The van der Waals surface area contributed by atoms with Crippen LogP contribution in [0, 0.1) is 6.92 Å². The van der Waals surface area contributed by atoms with Gasteiger partial charge in [-0.05, 0) is 74.0 Å². The lowest BCUT2D eigenvalue weighted by molar-refractivity contribution is 0.0955. The van der Waals surface area contributed by atoms with E-state index in [2.05, 4.69) is 10.5 Å². The van der Waals surface area contributed by atoms with Crippen molar-refractivity contribution in [3.05, 3.63) is 118 Å². The molecule has 4 aromatic rings. The number of sulfonamides is 1. The first-order valence-electron chi connectivity index (χ1n) is 12.6. The number of hydrogen-bond donors (Lipinski definition) is 1. The fraction of sp³-hybridized carbons (Fsp3) is 0.161. The lowest BCUT2D eigenvalue weighted by atomic mass is 10.1. The van der Waals surface area contributed by atoms with Gasteiger partial charge in [0, 0.05) is 10.6 Å². The van der Waals surface area contributed by atoms with E-state index in [0.29, 0.717) is 33.4 Å². The summed E-state index contributed by atoms with van der Waals surface area (Å²) >= 11 is 6.06. The summed E-state index contributed by atoms with van der Waals surface area (Å²) in [5.74, 6) is 0.522. The predicted octanol–water partition coefficient (Wildman–Crippen LogP) is 6.22. The maximum atomic E-state index is 14.0. The molecule has 0 atom stereocenters. The molecule has 0 fully saturated rings. The minimum atomic E-state index is -4.07. The smallest absolute Gasteiger partial charge is 0.273 e. The van der Waals surface area contributed by atoms with E-state index in [0.717, 1.165) is 5.56 Å². The molecule has 0 heterocycles. The van der Waals surface area contributed by atoms with E-state index in [-0.39, 0.29) is 22.7 Å². The molecule has 4 rings (SSSR count). The molecule has 0 unspecified atom stereocenters. The largest absolute Gasteiger partial charge is 0.493 e. The second kappa shape index (κ2) is 12.9. The topological polar surface area (TPSA) is 97.3 Å². The van der Waals surface area contributed by atoms with E-state index in [1.807, 2.05) is 6.92 Å². The Morgan fingerprint density at radius 1 is 0.902 bits per heavy atom. The number of carbonyl (C=O) groups is 1. The highest BCUT2D eigenvalue weighted by Crippen LogP contribution is 2.30. The molecule has 0 saturated carbocycles. The zero-order valence-corrected chi connectivity index (χ0v) is 24.7. The van der Waals surface area contributed by atoms with Crippen LogP contribution in [0.15, 0.2) is 101 Å². The Labute approximate surface area is 245 Å². The fourth-order valence-corrected chi connectivity index (χ4v) is 5.69. The Balaban J connectivity index is 1.71. The summed E-state index contributed by atoms with van der Waals surface area (Å²) in [5, 5.41) is 4.80. The zero-order valence-electron chi connectivity index (χ0n) is 23.1. The van der Waals surface area contributed by atoms with Crippen molar-refractivity contribution < 1.29 is 22.7 Å². The van der Waals surface area contributed by atoms with Gasteiger partial charge in [-0.2, -0.15) is 5.10 Å². The average molecular weight is 592 g/mol. The van der Waals surface area contributed by atoms with Gasteiger partial charge in [-0.1, -0.05) is 53.6 Å². The second-order valence-electron chi connectivity index (χ2n) is 9.18. The van der Waals surface area contributed by atoms with Crippen molar-refractivity contribution in [3.63, 3.8) is 0 Å². The summed E-state index contributed by atoms with van der Waals surface area (Å²) < 4.78 is 39.8. The number of anilines is 1. The molecule has 0 bridgehead atoms. The molecule has 0 spiro atoms. The first-order chi connectivity index (χ1) is 19.6. The van der Waals surface area contributed by atoms with Crippen molar-refractivity contribution in [1.29, 1.82) is 0 Å². The summed E-state index contributed by atoms with van der Waals surface area (Å²) in [7, 11) is -0.983. The molecule has 41 heavy (non-hydrogen) atoms. The number of benzene rings is 4. The number of nitrogens with zero attached hydrogens (tertiary/aromatic N) is 2. The van der Waals surface area contributed by atoms with Gasteiger partial charge in [-0.15, -0.1) is 0 Å². The SMILES string of the molecule is COc1ccc(C(C)=NNC(=O)c2ccccc2N(Cc2ccc(Cl)cc2)S(=O)(=O)c2ccc(C)cc2)cc1OC. The van der Waals surface area contributed by atoms with E-state index < -0.39 is 15.9 Å². The van der Waals surface area contributed by atoms with Crippen LogP contribution in [0.3, 0.4) is 0 Å². The number of para-hydroxylation sites is 1. The summed E-state index contributed by atoms with van der Waals surface area (Å²) in [4.78, 5) is 13.5. The highest BCUT2D eigenvalue weighted by atomic mass is 35.5. The number of ether oxygens (including phenoxy) is 2. The van der Waals surface area contributed by atoms with Crippen LogP contribution in [0.1, 0.15) is 34.0 Å². The molecular formula is C31H30ClN3O5S. The number of hydrazone groups is 1. The van der Waals surface area contributed by atoms with Crippen molar-refractivity contribution in [2.45, 2.75) is 25.3 Å². The molecule has 0 aliphatic heterocycles. The number of halogens is 1. The number of rotatable bonds is 10. The van der Waals surface area contributed by atoms with Crippen LogP contribution in [0.2, 0.25) is 5.02 Å². The quantitative estimate of drug-likeness (QED) is 0.175. The predicted molar refractivity (Wildman–Crippen MR) is 162 cm³/mol. The van der Waals surface area contributed by atoms with Crippen molar-refractivity contribution in [1.82, 2.24) is 5.43 Å². The standard InChI is InChI=1S/C31H30ClN3O5S/c1-21-9-16-26(17-10-21)41(37,38)35(20-23-11-14-25(32)15-12-23)28-8-6-5-7-27(28)31(36)34-33-22(2)24-13-18-29(39-3)30(19-24)40-4/h5-19H,20H2,1-4H3,(H,34,36). The molecule has 4 aromatic carbocycles. The van der Waals surface area contributed by atoms with E-state index in [9.17, 15) is 13.2 Å². The third kappa shape index (κ3) is 6.87. The lowest BCUT2D eigenvalue weighted by Crippen LogP contribution is -2.33. The van der Waals surface area contributed by atoms with Crippen LogP contribution >= 0.6 is 11.6 Å². The van der Waals surface area contributed by atoms with Crippen LogP contribution in [-0.4, -0.2) is 34.3 Å². The van der Waals surface area contributed by atoms with Crippen molar-refractivity contribution in [2.75, 3.05) is 18.5 Å². The molecule has 1 amide bonds. The summed E-state index contributed by atoms with van der Waals surface area (Å²) in [5.41, 5.74) is 5.76. The van der Waals surface area contributed by atoms with Gasteiger partial charge in [0.15, 0.2) is 11.5 Å². The first kappa shape index (κ1) is 29.6. The normalized spacial score (nSPS) is 11.6. The number of carbonyl (C=O) groups excluding carboxylic acids is 1. The summed E-state index contributed by atoms with van der Waals surface area (Å²) in [6.45, 7) is 3.60. The van der Waals surface area contributed by atoms with Gasteiger partial charge < -0.3 is 9.47 Å². The molecule has 212 valence electrons. The van der Waals surface area contributed by atoms with Gasteiger partial charge in [0.1, 0.15) is 0 Å². The molecule has 10 heteroatoms. The minimum absolute atomic E-state index is 0.0222. The van der Waals surface area contributed by atoms with Gasteiger partial charge in [0.2, 0.25) is 0 Å². The molecular weight excluding hydrogens is 562 g/mol. The second-order valence-corrected chi connectivity index (χ2v) is 11.5. The van der Waals surface area contributed by atoms with E-state index >= 15 is 0 Å². The monoisotopic (exact) mass is 591 g/mol. The maximum Gasteiger partial charge on any atom is 0.273 e. The van der Waals surface area contributed by atoms with Gasteiger partial charge in [-0.25, -0.2) is 13.8 Å². The molecule has 0 aliphatic carbocycles. The highest BCUT2D eigenvalue weighted by Gasteiger charge is 2.28. The molecule has 0 aliphatic rings. The number of nitrogens with one attached hydrogen (secondary N) is 1. The van der Waals surface area contributed by atoms with Crippen LogP contribution in [0.5, 0.6) is 11.5 Å². The third-order valence-corrected chi connectivity index (χ3v) is 8.42. The van der Waals surface area contributed by atoms with Crippen LogP contribution in [0.4, 0.5) is 5.69 Å².